The van der Waals surface area contributed by atoms with Gasteiger partial charge < -0.3 is 9.64 Å². The van der Waals surface area contributed by atoms with Crippen LogP contribution < -0.4 is 0 Å². The molecular formula is C17H27NO3S. The van der Waals surface area contributed by atoms with Gasteiger partial charge in [0.15, 0.2) is 0 Å². The van der Waals surface area contributed by atoms with Crippen molar-refractivity contribution in [1.29, 1.82) is 0 Å². The molecule has 4 nitrogen and oxygen atoms in total. The molecule has 1 heterocycles. The van der Waals surface area contributed by atoms with E-state index in [9.17, 15) is 9.59 Å². The lowest BCUT2D eigenvalue weighted by molar-refractivity contribution is 0.0606. The molecule has 5 heteroatoms. The minimum Gasteiger partial charge on any atom is -0.465 e. The van der Waals surface area contributed by atoms with Crippen molar-refractivity contribution in [3.63, 3.8) is 0 Å². The van der Waals surface area contributed by atoms with Gasteiger partial charge in [-0.3, -0.25) is 4.79 Å². The maximum atomic E-state index is 12.7. The number of ether oxygens (including phenoxy) is 1. The SMILES string of the molecule is COC(=O)c1ccc(C(=O)N(CCC(C)C)CCC(C)C)s1. The number of nitrogens with zero attached hydrogens (tertiary/aromatic N) is 1. The third-order valence-electron chi connectivity index (χ3n) is 3.44. The first-order chi connectivity index (χ1) is 10.3. The molecule has 0 bridgehead atoms. The fourth-order valence-corrected chi connectivity index (χ4v) is 2.85. The number of rotatable bonds is 8. The molecule has 0 fully saturated rings. The van der Waals surface area contributed by atoms with Crippen molar-refractivity contribution in [2.24, 2.45) is 11.8 Å². The predicted octanol–water partition coefficient (Wildman–Crippen LogP) is 4.07. The van der Waals surface area contributed by atoms with E-state index in [4.69, 9.17) is 4.74 Å². The lowest BCUT2D eigenvalue weighted by atomic mass is 10.1. The second kappa shape index (κ2) is 8.93. The van der Waals surface area contributed by atoms with Crippen LogP contribution in [0.15, 0.2) is 12.1 Å². The lowest BCUT2D eigenvalue weighted by Crippen LogP contribution is -2.33. The zero-order valence-corrected chi connectivity index (χ0v) is 15.0. The summed E-state index contributed by atoms with van der Waals surface area (Å²) >= 11 is 1.20. The van der Waals surface area contributed by atoms with Crippen LogP contribution in [0, 0.1) is 11.8 Å². The van der Waals surface area contributed by atoms with Gasteiger partial charge >= 0.3 is 5.97 Å². The van der Waals surface area contributed by atoms with Gasteiger partial charge in [0.1, 0.15) is 4.88 Å². The van der Waals surface area contributed by atoms with Gasteiger partial charge in [0.2, 0.25) is 0 Å². The van der Waals surface area contributed by atoms with Crippen molar-refractivity contribution in [1.82, 2.24) is 4.90 Å². The van der Waals surface area contributed by atoms with Gasteiger partial charge in [-0.2, -0.15) is 0 Å². The zero-order chi connectivity index (χ0) is 16.7. The molecule has 1 aromatic rings. The Hall–Kier alpha value is -1.36. The van der Waals surface area contributed by atoms with Crippen LogP contribution in [0.25, 0.3) is 0 Å². The molecule has 1 amide bonds. The van der Waals surface area contributed by atoms with Crippen molar-refractivity contribution >= 4 is 23.2 Å². The number of carbonyl (C=O) groups excluding carboxylic acids is 2. The monoisotopic (exact) mass is 325 g/mol. The van der Waals surface area contributed by atoms with Crippen molar-refractivity contribution in [3.05, 3.63) is 21.9 Å². The van der Waals surface area contributed by atoms with Gasteiger partial charge in [0.25, 0.3) is 5.91 Å². The Bertz CT molecular complexity index is 482. The summed E-state index contributed by atoms with van der Waals surface area (Å²) < 4.78 is 4.69. The van der Waals surface area contributed by atoms with Crippen molar-refractivity contribution < 1.29 is 14.3 Å². The molecule has 0 saturated heterocycles. The minimum absolute atomic E-state index is 0.0152. The molecule has 22 heavy (non-hydrogen) atoms. The maximum absolute atomic E-state index is 12.7. The van der Waals surface area contributed by atoms with E-state index in [1.165, 1.54) is 18.4 Å². The highest BCUT2D eigenvalue weighted by atomic mass is 32.1. The Labute approximate surface area is 137 Å². The first-order valence-electron chi connectivity index (χ1n) is 7.82. The molecule has 0 aliphatic carbocycles. The van der Waals surface area contributed by atoms with Crippen LogP contribution in [0.1, 0.15) is 59.9 Å². The highest BCUT2D eigenvalue weighted by Crippen LogP contribution is 2.20. The lowest BCUT2D eigenvalue weighted by Gasteiger charge is -2.24. The molecule has 0 aromatic carbocycles. The van der Waals surface area contributed by atoms with E-state index in [0.717, 1.165) is 25.9 Å². The molecule has 124 valence electrons. The molecule has 0 aliphatic rings. The van der Waals surface area contributed by atoms with E-state index in [2.05, 4.69) is 27.7 Å². The smallest absolute Gasteiger partial charge is 0.348 e. The number of esters is 1. The van der Waals surface area contributed by atoms with E-state index >= 15 is 0 Å². The van der Waals surface area contributed by atoms with E-state index in [1.807, 2.05) is 4.90 Å². The van der Waals surface area contributed by atoms with Crippen LogP contribution in [0.4, 0.5) is 0 Å². The Morgan fingerprint density at radius 1 is 1.05 bits per heavy atom. The van der Waals surface area contributed by atoms with Gasteiger partial charge in [-0.15, -0.1) is 11.3 Å². The number of carbonyl (C=O) groups is 2. The van der Waals surface area contributed by atoms with Gasteiger partial charge in [-0.05, 0) is 36.8 Å². The average Bonchev–Trinajstić information content (AvgIpc) is 2.95. The first kappa shape index (κ1) is 18.7. The summed E-state index contributed by atoms with van der Waals surface area (Å²) in [6.45, 7) is 10.2. The summed E-state index contributed by atoms with van der Waals surface area (Å²) in [7, 11) is 1.35. The Morgan fingerprint density at radius 3 is 2.00 bits per heavy atom. The molecule has 0 atom stereocenters. The second-order valence-corrected chi connectivity index (χ2v) is 7.40. The maximum Gasteiger partial charge on any atom is 0.348 e. The summed E-state index contributed by atoms with van der Waals surface area (Å²) in [5, 5.41) is 0. The summed E-state index contributed by atoms with van der Waals surface area (Å²) in [6, 6.07) is 3.38. The minimum atomic E-state index is -0.389. The Kier molecular flexibility index (Phi) is 7.59. The molecule has 0 radical (unpaired) electrons. The van der Waals surface area contributed by atoms with Gasteiger partial charge in [-0.1, -0.05) is 27.7 Å². The summed E-state index contributed by atoms with van der Waals surface area (Å²) in [4.78, 5) is 27.2. The molecular weight excluding hydrogens is 298 g/mol. The largest absolute Gasteiger partial charge is 0.465 e. The summed E-state index contributed by atoms with van der Waals surface area (Å²) in [5.41, 5.74) is 0. The quantitative estimate of drug-likeness (QED) is 0.677. The number of amides is 1. The Morgan fingerprint density at radius 2 is 1.55 bits per heavy atom. The van der Waals surface area contributed by atoms with Crippen molar-refractivity contribution in [2.75, 3.05) is 20.2 Å². The van der Waals surface area contributed by atoms with Crippen LogP contribution in [-0.4, -0.2) is 37.0 Å². The van der Waals surface area contributed by atoms with Crippen molar-refractivity contribution in [2.45, 2.75) is 40.5 Å². The van der Waals surface area contributed by atoms with E-state index < -0.39 is 0 Å². The summed E-state index contributed by atoms with van der Waals surface area (Å²) in [5.74, 6) is 0.744. The first-order valence-corrected chi connectivity index (χ1v) is 8.64. The third kappa shape index (κ3) is 5.79. The number of hydrogen-bond donors (Lipinski definition) is 0. The molecule has 1 rings (SSSR count). The van der Waals surface area contributed by atoms with Gasteiger partial charge in [-0.25, -0.2) is 4.79 Å². The predicted molar refractivity (Wildman–Crippen MR) is 90.5 cm³/mol. The highest BCUT2D eigenvalue weighted by Gasteiger charge is 2.20. The fraction of sp³-hybridized carbons (Fsp3) is 0.647. The zero-order valence-electron chi connectivity index (χ0n) is 14.2. The fourth-order valence-electron chi connectivity index (χ4n) is 1.96. The normalized spacial score (nSPS) is 11.0. The molecule has 0 spiro atoms. The molecule has 0 aliphatic heterocycles. The second-order valence-electron chi connectivity index (χ2n) is 6.31. The van der Waals surface area contributed by atoms with Crippen LogP contribution in [0.3, 0.4) is 0 Å². The molecule has 1 aromatic heterocycles. The number of thiophene rings is 1. The topological polar surface area (TPSA) is 46.6 Å². The third-order valence-corrected chi connectivity index (χ3v) is 4.50. The van der Waals surface area contributed by atoms with Gasteiger partial charge in [0.05, 0.1) is 12.0 Å². The molecule has 0 saturated carbocycles. The standard InChI is InChI=1S/C17H27NO3S/c1-12(2)8-10-18(11-9-13(3)4)16(19)14-6-7-15(22-14)17(20)21-5/h6-7,12-13H,8-11H2,1-5H3. The van der Waals surface area contributed by atoms with E-state index in [1.54, 1.807) is 12.1 Å². The van der Waals surface area contributed by atoms with Gasteiger partial charge in [0, 0.05) is 13.1 Å². The summed E-state index contributed by atoms with van der Waals surface area (Å²) in [6.07, 6.45) is 1.97. The molecule has 0 unspecified atom stereocenters. The highest BCUT2D eigenvalue weighted by molar-refractivity contribution is 7.15. The van der Waals surface area contributed by atoms with Crippen molar-refractivity contribution in [3.8, 4) is 0 Å². The van der Waals surface area contributed by atoms with Crippen LogP contribution in [0.2, 0.25) is 0 Å². The number of hydrogen-bond acceptors (Lipinski definition) is 4. The van der Waals surface area contributed by atoms with E-state index in [0.29, 0.717) is 21.6 Å². The van der Waals surface area contributed by atoms with E-state index in [-0.39, 0.29) is 11.9 Å². The molecule has 0 N–H and O–H groups in total. The number of methoxy groups -OCH3 is 1. The van der Waals surface area contributed by atoms with Crippen LogP contribution in [0.5, 0.6) is 0 Å². The average molecular weight is 325 g/mol. The van der Waals surface area contributed by atoms with Crippen LogP contribution in [-0.2, 0) is 4.74 Å². The Balaban J connectivity index is 2.80. The van der Waals surface area contributed by atoms with Crippen LogP contribution >= 0.6 is 11.3 Å².